The van der Waals surface area contributed by atoms with Crippen molar-refractivity contribution in [2.24, 2.45) is 7.05 Å². The third-order valence-corrected chi connectivity index (χ3v) is 3.13. The Morgan fingerprint density at radius 2 is 2.00 bits per heavy atom. The minimum Gasteiger partial charge on any atom is -0.381 e. The molecule has 0 saturated heterocycles. The molecule has 20 heavy (non-hydrogen) atoms. The van der Waals surface area contributed by atoms with Gasteiger partial charge in [-0.2, -0.15) is 10.5 Å². The second-order valence-electron chi connectivity index (χ2n) is 4.55. The number of nitrogens with zero attached hydrogens (tertiary/aromatic N) is 3. The Labute approximate surface area is 116 Å². The van der Waals surface area contributed by atoms with Gasteiger partial charge in [-0.25, -0.2) is 4.39 Å². The average molecular weight is 268 g/mol. The van der Waals surface area contributed by atoms with E-state index in [2.05, 4.69) is 11.4 Å². The molecule has 4 nitrogen and oxygen atoms in total. The maximum absolute atomic E-state index is 13.6. The van der Waals surface area contributed by atoms with Gasteiger partial charge in [-0.1, -0.05) is 0 Å². The van der Waals surface area contributed by atoms with E-state index in [0.717, 1.165) is 5.56 Å². The molecule has 0 radical (unpaired) electrons. The van der Waals surface area contributed by atoms with Gasteiger partial charge in [-0.15, -0.1) is 0 Å². The molecular weight excluding hydrogens is 255 g/mol. The fourth-order valence-electron chi connectivity index (χ4n) is 1.97. The number of nitriles is 2. The van der Waals surface area contributed by atoms with Crippen molar-refractivity contribution >= 4 is 5.69 Å². The van der Waals surface area contributed by atoms with Crippen LogP contribution in [0.3, 0.4) is 0 Å². The quantitative estimate of drug-likeness (QED) is 0.930. The summed E-state index contributed by atoms with van der Waals surface area (Å²) in [5.41, 5.74) is 2.83. The number of benzene rings is 1. The smallest absolute Gasteiger partial charge is 0.129 e. The van der Waals surface area contributed by atoms with Crippen LogP contribution in [0.4, 0.5) is 10.1 Å². The summed E-state index contributed by atoms with van der Waals surface area (Å²) in [5, 5.41) is 20.8. The zero-order valence-corrected chi connectivity index (χ0v) is 11.2. The van der Waals surface area contributed by atoms with E-state index in [1.54, 1.807) is 30.7 Å². The molecule has 1 aromatic heterocycles. The third kappa shape index (κ3) is 2.62. The summed E-state index contributed by atoms with van der Waals surface area (Å²) in [6, 6.07) is 8.62. The van der Waals surface area contributed by atoms with Crippen LogP contribution in [0.2, 0.25) is 0 Å². The minimum absolute atomic E-state index is 0.279. The second-order valence-corrected chi connectivity index (χ2v) is 4.55. The van der Waals surface area contributed by atoms with Crippen molar-refractivity contribution in [1.29, 1.82) is 10.5 Å². The number of hydrogen-bond acceptors (Lipinski definition) is 3. The lowest BCUT2D eigenvalue weighted by Gasteiger charge is -2.10. The Morgan fingerprint density at radius 1 is 1.25 bits per heavy atom. The van der Waals surface area contributed by atoms with E-state index in [1.807, 2.05) is 12.3 Å². The molecule has 0 bridgehead atoms. The molecule has 0 atom stereocenters. The number of rotatable bonds is 3. The second kappa shape index (κ2) is 5.46. The van der Waals surface area contributed by atoms with Gasteiger partial charge in [0, 0.05) is 31.0 Å². The fourth-order valence-corrected chi connectivity index (χ4v) is 1.97. The number of hydrogen-bond donors (Lipinski definition) is 1. The normalized spacial score (nSPS) is 9.85. The summed E-state index contributed by atoms with van der Waals surface area (Å²) in [5.74, 6) is -0.405. The molecule has 0 unspecified atom stereocenters. The van der Waals surface area contributed by atoms with Gasteiger partial charge in [0.15, 0.2) is 0 Å². The first kappa shape index (κ1) is 13.6. The molecular formula is C15H13FN4. The van der Waals surface area contributed by atoms with Crippen LogP contribution in [0.5, 0.6) is 0 Å². The Morgan fingerprint density at radius 3 is 2.60 bits per heavy atom. The predicted octanol–water partition coefficient (Wildman–Crippen LogP) is 2.83. The standard InChI is InChI=1S/C15H13FN4/c1-10-14(16)4-11(6-17)5-15(10)19-8-12-3-13(7-18)20(2)9-12/h3-5,9,19H,8H2,1-2H3. The van der Waals surface area contributed by atoms with E-state index >= 15 is 0 Å². The van der Waals surface area contributed by atoms with Crippen LogP contribution >= 0.6 is 0 Å². The van der Waals surface area contributed by atoms with Crippen LogP contribution in [-0.4, -0.2) is 4.57 Å². The first-order valence-corrected chi connectivity index (χ1v) is 6.04. The van der Waals surface area contributed by atoms with Crippen LogP contribution in [-0.2, 0) is 13.6 Å². The molecule has 1 N–H and O–H groups in total. The molecule has 2 rings (SSSR count). The Bertz CT molecular complexity index is 732. The van der Waals surface area contributed by atoms with E-state index in [1.165, 1.54) is 6.07 Å². The van der Waals surface area contributed by atoms with Gasteiger partial charge < -0.3 is 9.88 Å². The van der Waals surface area contributed by atoms with Crippen molar-refractivity contribution in [2.45, 2.75) is 13.5 Å². The number of nitrogens with one attached hydrogen (secondary N) is 1. The lowest BCUT2D eigenvalue weighted by Crippen LogP contribution is -2.02. The van der Waals surface area contributed by atoms with E-state index in [9.17, 15) is 4.39 Å². The summed E-state index contributed by atoms with van der Waals surface area (Å²) in [6.07, 6.45) is 1.84. The number of anilines is 1. The van der Waals surface area contributed by atoms with Crippen LogP contribution in [0.15, 0.2) is 24.4 Å². The molecule has 100 valence electrons. The van der Waals surface area contributed by atoms with Crippen molar-refractivity contribution in [3.63, 3.8) is 0 Å². The molecule has 5 heteroatoms. The Balaban J connectivity index is 2.21. The minimum atomic E-state index is -0.405. The van der Waals surface area contributed by atoms with Crippen molar-refractivity contribution in [3.8, 4) is 12.1 Å². The van der Waals surface area contributed by atoms with Gasteiger partial charge in [0.2, 0.25) is 0 Å². The highest BCUT2D eigenvalue weighted by atomic mass is 19.1. The highest BCUT2D eigenvalue weighted by molar-refractivity contribution is 5.56. The van der Waals surface area contributed by atoms with Crippen molar-refractivity contribution in [3.05, 3.63) is 52.6 Å². The number of aromatic nitrogens is 1. The zero-order valence-electron chi connectivity index (χ0n) is 11.2. The summed E-state index contributed by atoms with van der Waals surface area (Å²) in [6.45, 7) is 2.12. The zero-order chi connectivity index (χ0) is 14.7. The Kier molecular flexibility index (Phi) is 3.72. The molecule has 0 amide bonds. The topological polar surface area (TPSA) is 64.5 Å². The summed E-state index contributed by atoms with van der Waals surface area (Å²) < 4.78 is 15.4. The average Bonchev–Trinajstić information content (AvgIpc) is 2.80. The van der Waals surface area contributed by atoms with E-state index in [-0.39, 0.29) is 5.56 Å². The highest BCUT2D eigenvalue weighted by Crippen LogP contribution is 2.21. The summed E-state index contributed by atoms with van der Waals surface area (Å²) in [4.78, 5) is 0. The van der Waals surface area contributed by atoms with Gasteiger partial charge in [-0.3, -0.25) is 0 Å². The van der Waals surface area contributed by atoms with E-state index < -0.39 is 5.82 Å². The third-order valence-electron chi connectivity index (χ3n) is 3.13. The molecule has 1 heterocycles. The number of aryl methyl sites for hydroxylation is 1. The van der Waals surface area contributed by atoms with Gasteiger partial charge in [0.25, 0.3) is 0 Å². The molecule has 0 aliphatic rings. The van der Waals surface area contributed by atoms with E-state index in [0.29, 0.717) is 23.5 Å². The van der Waals surface area contributed by atoms with Crippen LogP contribution in [0, 0.1) is 35.4 Å². The predicted molar refractivity (Wildman–Crippen MR) is 73.3 cm³/mol. The van der Waals surface area contributed by atoms with Crippen molar-refractivity contribution in [1.82, 2.24) is 4.57 Å². The van der Waals surface area contributed by atoms with Crippen LogP contribution in [0.25, 0.3) is 0 Å². The first-order chi connectivity index (χ1) is 9.55. The maximum Gasteiger partial charge on any atom is 0.129 e. The fraction of sp³-hybridized carbons (Fsp3) is 0.200. The highest BCUT2D eigenvalue weighted by Gasteiger charge is 2.08. The molecule has 0 saturated carbocycles. The van der Waals surface area contributed by atoms with Crippen LogP contribution in [0.1, 0.15) is 22.4 Å². The SMILES string of the molecule is Cc1c(F)cc(C#N)cc1NCc1cc(C#N)n(C)c1. The lowest BCUT2D eigenvalue weighted by molar-refractivity contribution is 0.618. The number of halogens is 1. The van der Waals surface area contributed by atoms with Gasteiger partial charge in [0.05, 0.1) is 11.6 Å². The molecule has 0 aliphatic carbocycles. The molecule has 0 aliphatic heterocycles. The summed E-state index contributed by atoms with van der Waals surface area (Å²) >= 11 is 0. The van der Waals surface area contributed by atoms with Crippen LogP contribution < -0.4 is 5.32 Å². The van der Waals surface area contributed by atoms with Gasteiger partial charge >= 0.3 is 0 Å². The lowest BCUT2D eigenvalue weighted by atomic mass is 10.1. The largest absolute Gasteiger partial charge is 0.381 e. The van der Waals surface area contributed by atoms with Crippen molar-refractivity contribution in [2.75, 3.05) is 5.32 Å². The van der Waals surface area contributed by atoms with Crippen molar-refractivity contribution < 1.29 is 4.39 Å². The van der Waals surface area contributed by atoms with Gasteiger partial charge in [-0.05, 0) is 30.7 Å². The Hall–Kier alpha value is -2.79. The first-order valence-electron chi connectivity index (χ1n) is 6.04. The molecule has 0 fully saturated rings. The molecule has 0 spiro atoms. The van der Waals surface area contributed by atoms with E-state index in [4.69, 9.17) is 10.5 Å². The molecule has 2 aromatic rings. The maximum atomic E-state index is 13.6. The van der Waals surface area contributed by atoms with Gasteiger partial charge in [0.1, 0.15) is 17.6 Å². The molecule has 1 aromatic carbocycles. The summed E-state index contributed by atoms with van der Waals surface area (Å²) in [7, 11) is 1.79. The monoisotopic (exact) mass is 268 g/mol.